The monoisotopic (exact) mass is 367 g/mol. The minimum Gasteiger partial charge on any atom is -0.495 e. The van der Waals surface area contributed by atoms with Crippen molar-refractivity contribution in [1.29, 1.82) is 0 Å². The SMILES string of the molecule is COc1ccc(C2CC(N)c3ccc(Br)cc3O2)cc1Cl. The van der Waals surface area contributed by atoms with Crippen LogP contribution in [0, 0.1) is 0 Å². The van der Waals surface area contributed by atoms with Gasteiger partial charge in [-0.15, -0.1) is 0 Å². The first kappa shape index (κ1) is 14.7. The summed E-state index contributed by atoms with van der Waals surface area (Å²) in [4.78, 5) is 0. The quantitative estimate of drug-likeness (QED) is 0.840. The summed E-state index contributed by atoms with van der Waals surface area (Å²) in [5, 5.41) is 0.576. The number of fused-ring (bicyclic) bond motifs is 1. The molecule has 2 aromatic rings. The lowest BCUT2D eigenvalue weighted by atomic mass is 9.93. The van der Waals surface area contributed by atoms with Crippen molar-refractivity contribution in [2.24, 2.45) is 5.73 Å². The number of rotatable bonds is 2. The summed E-state index contributed by atoms with van der Waals surface area (Å²) in [6.45, 7) is 0. The third-order valence-corrected chi connectivity index (χ3v) is 4.45. The Morgan fingerprint density at radius 3 is 2.81 bits per heavy atom. The molecule has 0 aliphatic carbocycles. The molecular formula is C16H15BrClNO2. The van der Waals surface area contributed by atoms with Gasteiger partial charge < -0.3 is 15.2 Å². The fourth-order valence-corrected chi connectivity index (χ4v) is 3.17. The van der Waals surface area contributed by atoms with E-state index in [0.29, 0.717) is 10.8 Å². The maximum absolute atomic E-state index is 6.27. The zero-order valence-electron chi connectivity index (χ0n) is 11.5. The van der Waals surface area contributed by atoms with E-state index < -0.39 is 0 Å². The maximum atomic E-state index is 6.27. The summed E-state index contributed by atoms with van der Waals surface area (Å²) in [5.74, 6) is 1.48. The van der Waals surface area contributed by atoms with Crippen LogP contribution in [0.15, 0.2) is 40.9 Å². The van der Waals surface area contributed by atoms with Crippen molar-refractivity contribution < 1.29 is 9.47 Å². The number of halogens is 2. The van der Waals surface area contributed by atoms with Gasteiger partial charge in [-0.05, 0) is 29.8 Å². The molecule has 3 nitrogen and oxygen atoms in total. The Bertz CT molecular complexity index is 677. The molecule has 0 bridgehead atoms. The number of hydrogen-bond acceptors (Lipinski definition) is 3. The van der Waals surface area contributed by atoms with Crippen molar-refractivity contribution in [3.8, 4) is 11.5 Å². The van der Waals surface area contributed by atoms with Crippen LogP contribution < -0.4 is 15.2 Å². The molecule has 2 aromatic carbocycles. The van der Waals surface area contributed by atoms with Gasteiger partial charge in [-0.2, -0.15) is 0 Å². The summed E-state index contributed by atoms with van der Waals surface area (Å²) in [5.41, 5.74) is 8.30. The van der Waals surface area contributed by atoms with Crippen molar-refractivity contribution in [2.45, 2.75) is 18.6 Å². The molecule has 2 unspecified atom stereocenters. The Morgan fingerprint density at radius 1 is 1.29 bits per heavy atom. The van der Waals surface area contributed by atoms with Crippen molar-refractivity contribution in [2.75, 3.05) is 7.11 Å². The molecule has 1 aliphatic rings. The molecular weight excluding hydrogens is 354 g/mol. The molecule has 1 aliphatic heterocycles. The van der Waals surface area contributed by atoms with E-state index in [1.54, 1.807) is 7.11 Å². The smallest absolute Gasteiger partial charge is 0.137 e. The lowest BCUT2D eigenvalue weighted by Gasteiger charge is -2.31. The van der Waals surface area contributed by atoms with Crippen molar-refractivity contribution in [3.63, 3.8) is 0 Å². The number of methoxy groups -OCH3 is 1. The van der Waals surface area contributed by atoms with Gasteiger partial charge in [0, 0.05) is 22.5 Å². The molecule has 0 saturated carbocycles. The summed E-state index contributed by atoms with van der Waals surface area (Å²) >= 11 is 9.65. The first-order valence-electron chi connectivity index (χ1n) is 6.63. The summed E-state index contributed by atoms with van der Waals surface area (Å²) in [6.07, 6.45) is 0.613. The third kappa shape index (κ3) is 2.89. The van der Waals surface area contributed by atoms with E-state index in [-0.39, 0.29) is 12.1 Å². The van der Waals surface area contributed by atoms with Crippen LogP contribution >= 0.6 is 27.5 Å². The Morgan fingerprint density at radius 2 is 2.10 bits per heavy atom. The molecule has 3 rings (SSSR count). The van der Waals surface area contributed by atoms with E-state index >= 15 is 0 Å². The normalized spacial score (nSPS) is 20.6. The molecule has 21 heavy (non-hydrogen) atoms. The van der Waals surface area contributed by atoms with Gasteiger partial charge in [0.1, 0.15) is 17.6 Å². The van der Waals surface area contributed by atoms with E-state index in [0.717, 1.165) is 27.8 Å². The highest BCUT2D eigenvalue weighted by Crippen LogP contribution is 2.41. The minimum absolute atomic E-state index is 0.0484. The molecule has 0 fully saturated rings. The fraction of sp³-hybridized carbons (Fsp3) is 0.250. The molecule has 1 heterocycles. The van der Waals surface area contributed by atoms with Gasteiger partial charge in [0.25, 0.3) is 0 Å². The van der Waals surface area contributed by atoms with Gasteiger partial charge in [-0.3, -0.25) is 0 Å². The van der Waals surface area contributed by atoms with Crippen LogP contribution in [0.25, 0.3) is 0 Å². The molecule has 0 amide bonds. The van der Waals surface area contributed by atoms with Crippen LogP contribution in [-0.2, 0) is 0 Å². The fourth-order valence-electron chi connectivity index (χ4n) is 2.56. The highest BCUT2D eigenvalue weighted by atomic mass is 79.9. The van der Waals surface area contributed by atoms with E-state index in [9.17, 15) is 0 Å². The molecule has 2 N–H and O–H groups in total. The predicted molar refractivity (Wildman–Crippen MR) is 87.1 cm³/mol. The van der Waals surface area contributed by atoms with Crippen LogP contribution in [0.5, 0.6) is 11.5 Å². The Hall–Kier alpha value is -1.23. The second-order valence-corrected chi connectivity index (χ2v) is 6.35. The topological polar surface area (TPSA) is 44.5 Å². The molecule has 0 radical (unpaired) electrons. The maximum Gasteiger partial charge on any atom is 0.137 e. The second-order valence-electron chi connectivity index (χ2n) is 5.02. The van der Waals surface area contributed by atoms with Gasteiger partial charge in [-0.25, -0.2) is 0 Å². The second kappa shape index (κ2) is 5.87. The first-order valence-corrected chi connectivity index (χ1v) is 7.80. The number of nitrogens with two attached hydrogens (primary N) is 1. The summed E-state index contributed by atoms with van der Waals surface area (Å²) in [6, 6.07) is 11.6. The van der Waals surface area contributed by atoms with Crippen LogP contribution in [0.1, 0.15) is 29.7 Å². The summed E-state index contributed by atoms with van der Waals surface area (Å²) in [7, 11) is 1.60. The number of benzene rings is 2. The van der Waals surface area contributed by atoms with Gasteiger partial charge in [-0.1, -0.05) is 39.7 Å². The van der Waals surface area contributed by atoms with Crippen molar-refractivity contribution in [1.82, 2.24) is 0 Å². The largest absolute Gasteiger partial charge is 0.495 e. The van der Waals surface area contributed by atoms with E-state index in [1.807, 2.05) is 36.4 Å². The van der Waals surface area contributed by atoms with Gasteiger partial charge in [0.15, 0.2) is 0 Å². The van der Waals surface area contributed by atoms with Crippen LogP contribution in [0.2, 0.25) is 5.02 Å². The standard InChI is InChI=1S/C16H15BrClNO2/c1-20-14-5-2-9(6-12(14)18)15-8-13(19)11-4-3-10(17)7-16(11)21-15/h2-7,13,15H,8,19H2,1H3. The third-order valence-electron chi connectivity index (χ3n) is 3.66. The zero-order valence-corrected chi connectivity index (χ0v) is 13.8. The van der Waals surface area contributed by atoms with E-state index in [4.69, 9.17) is 26.8 Å². The van der Waals surface area contributed by atoms with Crippen molar-refractivity contribution >= 4 is 27.5 Å². The predicted octanol–water partition coefficient (Wildman–Crippen LogP) is 4.63. The molecule has 5 heteroatoms. The van der Waals surface area contributed by atoms with E-state index in [2.05, 4.69) is 15.9 Å². The van der Waals surface area contributed by atoms with Gasteiger partial charge >= 0.3 is 0 Å². The molecule has 0 saturated heterocycles. The van der Waals surface area contributed by atoms with Gasteiger partial charge in [0.2, 0.25) is 0 Å². The Balaban J connectivity index is 1.93. The lowest BCUT2D eigenvalue weighted by molar-refractivity contribution is 0.161. The minimum atomic E-state index is -0.106. The highest BCUT2D eigenvalue weighted by Gasteiger charge is 2.27. The molecule has 110 valence electrons. The lowest BCUT2D eigenvalue weighted by Crippen LogP contribution is -2.24. The van der Waals surface area contributed by atoms with Crippen LogP contribution in [-0.4, -0.2) is 7.11 Å². The highest BCUT2D eigenvalue weighted by molar-refractivity contribution is 9.10. The van der Waals surface area contributed by atoms with E-state index in [1.165, 1.54) is 0 Å². The molecule has 0 aromatic heterocycles. The van der Waals surface area contributed by atoms with Crippen molar-refractivity contribution in [3.05, 3.63) is 57.0 Å². The first-order chi connectivity index (χ1) is 10.1. The van der Waals surface area contributed by atoms with Crippen LogP contribution in [0.4, 0.5) is 0 Å². The molecule has 2 atom stereocenters. The zero-order chi connectivity index (χ0) is 15.0. The Labute approximate surface area is 137 Å². The van der Waals surface area contributed by atoms with Crippen LogP contribution in [0.3, 0.4) is 0 Å². The number of ether oxygens (including phenoxy) is 2. The summed E-state index contributed by atoms with van der Waals surface area (Å²) < 4.78 is 12.2. The average molecular weight is 369 g/mol. The number of hydrogen-bond donors (Lipinski definition) is 1. The average Bonchev–Trinajstić information content (AvgIpc) is 2.46. The molecule has 0 spiro atoms. The van der Waals surface area contributed by atoms with Gasteiger partial charge in [0.05, 0.1) is 12.1 Å². The Kier molecular flexibility index (Phi) is 4.11.